The summed E-state index contributed by atoms with van der Waals surface area (Å²) in [6.45, 7) is 2.64. The minimum absolute atomic E-state index is 0.00822. The lowest BCUT2D eigenvalue weighted by molar-refractivity contribution is 0.0591. The Bertz CT molecular complexity index is 2310. The van der Waals surface area contributed by atoms with Crippen LogP contribution in [0.5, 0.6) is 46.0 Å². The molecule has 258 valence electrons. The van der Waals surface area contributed by atoms with E-state index in [1.807, 2.05) is 18.2 Å². The molecule has 0 saturated heterocycles. The summed E-state index contributed by atoms with van der Waals surface area (Å²) in [5.74, 6) is 6.52. The van der Waals surface area contributed by atoms with Gasteiger partial charge in [0.2, 0.25) is 27.2 Å². The first kappa shape index (κ1) is 29.2. The number of aliphatic hydroxyl groups excluding tert-OH is 1. The summed E-state index contributed by atoms with van der Waals surface area (Å²) in [6.07, 6.45) is 0.143. The van der Waals surface area contributed by atoms with Gasteiger partial charge in [-0.15, -0.1) is 0 Å². The monoisotopic (exact) mass is 686 g/mol. The average molecular weight is 687 g/mol. The van der Waals surface area contributed by atoms with E-state index >= 15 is 0 Å². The number of aliphatic hydroxyl groups is 1. The van der Waals surface area contributed by atoms with Crippen molar-refractivity contribution in [2.75, 3.05) is 46.2 Å². The van der Waals surface area contributed by atoms with Crippen molar-refractivity contribution in [3.8, 4) is 57.1 Å². The second-order valence-corrected chi connectivity index (χ2v) is 14.0. The number of rotatable bonds is 0. The van der Waals surface area contributed by atoms with E-state index in [0.29, 0.717) is 13.2 Å². The van der Waals surface area contributed by atoms with Gasteiger partial charge in [0.15, 0.2) is 46.0 Å². The third-order valence-electron chi connectivity index (χ3n) is 11.3. The third kappa shape index (κ3) is 4.25. The lowest BCUT2D eigenvalue weighted by atomic mass is 9.70. The lowest BCUT2D eigenvalue weighted by Gasteiger charge is -2.46. The number of ether oxygens (including phenoxy) is 8. The third-order valence-corrected chi connectivity index (χ3v) is 11.3. The van der Waals surface area contributed by atoms with Crippen molar-refractivity contribution in [3.05, 3.63) is 88.5 Å². The molecule has 0 radical (unpaired) electrons. The van der Waals surface area contributed by atoms with Crippen LogP contribution < -0.4 is 42.8 Å². The van der Waals surface area contributed by atoms with Crippen LogP contribution in [0.3, 0.4) is 0 Å². The van der Waals surface area contributed by atoms with Gasteiger partial charge in [0, 0.05) is 54.2 Å². The van der Waals surface area contributed by atoms with E-state index in [1.165, 1.54) is 33.3 Å². The SMILES string of the molecule is CN1Cc2c(ccc3c2OCO3)-c2ccc3cc4c(cc3c21)OCO4.CN1Cc2c(ccc3c2OCO3)[C@@H]2[C@H]1c1cc3c(cc1C[C@@H]2O)OCO3. The van der Waals surface area contributed by atoms with E-state index in [2.05, 4.69) is 66.4 Å². The molecular formula is C40H34N2O9. The number of nitrogens with zero attached hydrogens (tertiary/aromatic N) is 2. The highest BCUT2D eigenvalue weighted by molar-refractivity contribution is 6.05. The predicted octanol–water partition coefficient (Wildman–Crippen LogP) is 6.25. The Hall–Kier alpha value is -5.52. The second-order valence-electron chi connectivity index (χ2n) is 14.0. The smallest absolute Gasteiger partial charge is 0.231 e. The number of anilines is 1. The Balaban J connectivity index is 0.000000122. The molecule has 5 aromatic rings. The van der Waals surface area contributed by atoms with Crippen molar-refractivity contribution < 1.29 is 43.0 Å². The van der Waals surface area contributed by atoms with Gasteiger partial charge in [-0.05, 0) is 83.6 Å². The van der Waals surface area contributed by atoms with Crippen LogP contribution >= 0.6 is 0 Å². The molecule has 0 amide bonds. The summed E-state index contributed by atoms with van der Waals surface area (Å²) < 4.78 is 44.7. The van der Waals surface area contributed by atoms with Gasteiger partial charge in [-0.2, -0.15) is 0 Å². The topological polar surface area (TPSA) is 101 Å². The summed E-state index contributed by atoms with van der Waals surface area (Å²) in [6, 6.07) is 20.9. The molecule has 1 N–H and O–H groups in total. The maximum Gasteiger partial charge on any atom is 0.231 e. The van der Waals surface area contributed by atoms with Gasteiger partial charge in [-0.1, -0.05) is 18.2 Å². The van der Waals surface area contributed by atoms with Crippen LogP contribution in [-0.2, 0) is 19.5 Å². The molecule has 11 heteroatoms. The first-order valence-electron chi connectivity index (χ1n) is 17.2. The Labute approximate surface area is 293 Å². The Morgan fingerprint density at radius 2 is 1.22 bits per heavy atom. The first-order valence-corrected chi connectivity index (χ1v) is 17.2. The van der Waals surface area contributed by atoms with Crippen LogP contribution in [0.25, 0.3) is 21.9 Å². The normalized spacial score (nSPS) is 22.0. The van der Waals surface area contributed by atoms with Crippen molar-refractivity contribution >= 4 is 16.5 Å². The van der Waals surface area contributed by atoms with Gasteiger partial charge in [-0.3, -0.25) is 4.90 Å². The van der Waals surface area contributed by atoms with E-state index in [-0.39, 0.29) is 32.3 Å². The molecule has 12 rings (SSSR count). The number of hydrogen-bond donors (Lipinski definition) is 1. The molecule has 1 aliphatic carbocycles. The summed E-state index contributed by atoms with van der Waals surface area (Å²) in [5.41, 5.74) is 9.45. The number of fused-ring (bicyclic) bond motifs is 16. The van der Waals surface area contributed by atoms with E-state index in [1.54, 1.807) is 0 Å². The molecule has 6 heterocycles. The van der Waals surface area contributed by atoms with E-state index in [4.69, 9.17) is 37.9 Å². The molecule has 0 unspecified atom stereocenters. The molecule has 51 heavy (non-hydrogen) atoms. The number of likely N-dealkylation sites (N-methyl/N-ethyl adjacent to an activating group) is 1. The van der Waals surface area contributed by atoms with Gasteiger partial charge in [0.25, 0.3) is 0 Å². The van der Waals surface area contributed by atoms with Crippen molar-refractivity contribution in [2.24, 2.45) is 0 Å². The van der Waals surface area contributed by atoms with Gasteiger partial charge in [-0.25, -0.2) is 0 Å². The van der Waals surface area contributed by atoms with Crippen LogP contribution in [0, 0.1) is 0 Å². The summed E-state index contributed by atoms with van der Waals surface area (Å²) >= 11 is 0. The van der Waals surface area contributed by atoms with Crippen LogP contribution in [0.4, 0.5) is 5.69 Å². The largest absolute Gasteiger partial charge is 0.454 e. The molecule has 0 bridgehead atoms. The van der Waals surface area contributed by atoms with Crippen LogP contribution in [-0.4, -0.2) is 57.4 Å². The van der Waals surface area contributed by atoms with Gasteiger partial charge >= 0.3 is 0 Å². The lowest BCUT2D eigenvalue weighted by Crippen LogP contribution is -2.43. The quantitative estimate of drug-likeness (QED) is 0.200. The minimum Gasteiger partial charge on any atom is -0.454 e. The zero-order valence-electron chi connectivity index (χ0n) is 28.1. The van der Waals surface area contributed by atoms with Crippen LogP contribution in [0.15, 0.2) is 60.7 Å². The van der Waals surface area contributed by atoms with Crippen molar-refractivity contribution in [1.82, 2.24) is 4.90 Å². The van der Waals surface area contributed by atoms with Crippen molar-refractivity contribution in [2.45, 2.75) is 37.6 Å². The van der Waals surface area contributed by atoms with Crippen LogP contribution in [0.2, 0.25) is 0 Å². The zero-order chi connectivity index (χ0) is 34.0. The molecule has 7 aliphatic rings. The predicted molar refractivity (Wildman–Crippen MR) is 186 cm³/mol. The average Bonchev–Trinajstić information content (AvgIpc) is 3.97. The maximum atomic E-state index is 11.0. The highest BCUT2D eigenvalue weighted by Gasteiger charge is 2.45. The summed E-state index contributed by atoms with van der Waals surface area (Å²) in [4.78, 5) is 4.56. The fourth-order valence-electron chi connectivity index (χ4n) is 9.05. The molecule has 0 fully saturated rings. The fourth-order valence-corrected chi connectivity index (χ4v) is 9.05. The van der Waals surface area contributed by atoms with Crippen molar-refractivity contribution in [3.63, 3.8) is 0 Å². The van der Waals surface area contributed by atoms with Crippen LogP contribution in [0.1, 0.15) is 39.8 Å². The van der Waals surface area contributed by atoms with E-state index in [0.717, 1.165) is 81.2 Å². The summed E-state index contributed by atoms with van der Waals surface area (Å²) in [7, 11) is 4.21. The molecule has 6 aliphatic heterocycles. The zero-order valence-corrected chi connectivity index (χ0v) is 28.1. The van der Waals surface area contributed by atoms with Crippen molar-refractivity contribution in [1.29, 1.82) is 0 Å². The molecule has 0 spiro atoms. The maximum absolute atomic E-state index is 11.0. The minimum atomic E-state index is -0.463. The standard InChI is InChI=1S/C20H19NO5.C20H15NO4/c1-21-7-13-11(2-3-15-20(13)26-9-23-15)18-14(22)4-10-5-16-17(25-8-24-16)6-12(10)19(18)21;1-21-8-15-12(4-5-16-20(15)25-10-22-16)13-3-2-11-6-17-18(24-9-23-17)7-14(11)19(13)21/h2-3,5-6,14,18-19,22H,4,7-9H2,1H3;2-7H,8-10H2,1H3/t14-,18-,19+;/m0./s1. The Morgan fingerprint density at radius 1 is 0.588 bits per heavy atom. The molecule has 5 aromatic carbocycles. The summed E-state index contributed by atoms with van der Waals surface area (Å²) in [5, 5.41) is 13.4. The Morgan fingerprint density at radius 3 is 2.00 bits per heavy atom. The molecule has 0 saturated carbocycles. The highest BCUT2D eigenvalue weighted by atomic mass is 16.7. The highest BCUT2D eigenvalue weighted by Crippen LogP contribution is 2.55. The van der Waals surface area contributed by atoms with Gasteiger partial charge in [0.05, 0.1) is 11.8 Å². The molecule has 11 nitrogen and oxygen atoms in total. The number of benzene rings is 5. The number of hydrogen-bond acceptors (Lipinski definition) is 11. The molecule has 0 aromatic heterocycles. The first-order chi connectivity index (χ1) is 25.0. The van der Waals surface area contributed by atoms with Gasteiger partial charge in [0.1, 0.15) is 0 Å². The van der Waals surface area contributed by atoms with E-state index < -0.39 is 6.10 Å². The van der Waals surface area contributed by atoms with Gasteiger partial charge < -0.3 is 47.9 Å². The van der Waals surface area contributed by atoms with E-state index in [9.17, 15) is 5.11 Å². The molecular weight excluding hydrogens is 652 g/mol. The fraction of sp³-hybridized carbons (Fsp3) is 0.300. The molecule has 3 atom stereocenters. The second kappa shape index (κ2) is 10.7. The Kier molecular flexibility index (Phi) is 6.16.